The minimum atomic E-state index is -3.88. The van der Waals surface area contributed by atoms with E-state index in [1.807, 2.05) is 0 Å². The number of ether oxygens (including phenoxy) is 2. The number of hydrogen-bond acceptors (Lipinski definition) is 6. The Bertz CT molecular complexity index is 770. The summed E-state index contributed by atoms with van der Waals surface area (Å²) in [6, 6.07) is 2.32. The van der Waals surface area contributed by atoms with Crippen LogP contribution in [-0.4, -0.2) is 48.6 Å². The van der Waals surface area contributed by atoms with Gasteiger partial charge >= 0.3 is 0 Å². The largest absolute Gasteiger partial charge is 0.496 e. The molecule has 2 rings (SSSR count). The summed E-state index contributed by atoms with van der Waals surface area (Å²) in [7, 11) is -4.18. The van der Waals surface area contributed by atoms with Gasteiger partial charge in [-0.2, -0.15) is 0 Å². The Hall–Kier alpha value is -1.32. The zero-order chi connectivity index (χ0) is 16.5. The van der Waals surface area contributed by atoms with Gasteiger partial charge in [0, 0.05) is 11.6 Å². The van der Waals surface area contributed by atoms with Crippen molar-refractivity contribution in [3.63, 3.8) is 0 Å². The van der Waals surface area contributed by atoms with Gasteiger partial charge in [0.2, 0.25) is 10.0 Å². The molecule has 0 radical (unpaired) electrons. The van der Waals surface area contributed by atoms with Crippen molar-refractivity contribution in [3.05, 3.63) is 17.7 Å². The molecule has 1 unspecified atom stereocenters. The Morgan fingerprint density at radius 3 is 2.41 bits per heavy atom. The maximum Gasteiger partial charge on any atom is 0.244 e. The van der Waals surface area contributed by atoms with E-state index in [0.717, 1.165) is 0 Å². The summed E-state index contributed by atoms with van der Waals surface area (Å²) < 4.78 is 60.7. The molecule has 0 aliphatic carbocycles. The second-order valence-corrected chi connectivity index (χ2v) is 9.06. The van der Waals surface area contributed by atoms with Crippen molar-refractivity contribution in [2.75, 3.05) is 25.7 Å². The van der Waals surface area contributed by atoms with Crippen molar-refractivity contribution in [2.24, 2.45) is 0 Å². The molecule has 0 amide bonds. The summed E-state index contributed by atoms with van der Waals surface area (Å²) in [4.78, 5) is -0.0300. The van der Waals surface area contributed by atoms with E-state index in [1.165, 1.54) is 26.4 Å². The van der Waals surface area contributed by atoms with Crippen LogP contribution >= 0.6 is 0 Å². The molecule has 1 fully saturated rings. The number of rotatable bonds is 5. The van der Waals surface area contributed by atoms with E-state index in [1.54, 1.807) is 6.92 Å². The molecule has 1 atom stereocenters. The predicted octanol–water partition coefficient (Wildman–Crippen LogP) is 0.478. The third kappa shape index (κ3) is 3.36. The van der Waals surface area contributed by atoms with E-state index < -0.39 is 25.9 Å². The van der Waals surface area contributed by atoms with Crippen LogP contribution in [0.5, 0.6) is 11.5 Å². The quantitative estimate of drug-likeness (QED) is 0.830. The van der Waals surface area contributed by atoms with E-state index in [4.69, 9.17) is 9.47 Å². The topological polar surface area (TPSA) is 98.8 Å². The monoisotopic (exact) mass is 349 g/mol. The summed E-state index contributed by atoms with van der Waals surface area (Å²) in [6.07, 6.45) is 0.277. The van der Waals surface area contributed by atoms with Gasteiger partial charge in [-0.1, -0.05) is 0 Å². The van der Waals surface area contributed by atoms with Crippen LogP contribution in [0.25, 0.3) is 0 Å². The lowest BCUT2D eigenvalue weighted by molar-refractivity contribution is 0.380. The van der Waals surface area contributed by atoms with Crippen LogP contribution < -0.4 is 14.2 Å². The zero-order valence-electron chi connectivity index (χ0n) is 12.6. The summed E-state index contributed by atoms with van der Waals surface area (Å²) in [5.74, 6) is 0.523. The van der Waals surface area contributed by atoms with Crippen molar-refractivity contribution < 1.29 is 26.3 Å². The average Bonchev–Trinajstić information content (AvgIpc) is 2.76. The molecule has 7 nitrogen and oxygen atoms in total. The van der Waals surface area contributed by atoms with Crippen molar-refractivity contribution in [1.82, 2.24) is 4.72 Å². The minimum Gasteiger partial charge on any atom is -0.496 e. The highest BCUT2D eigenvalue weighted by Crippen LogP contribution is 2.34. The fourth-order valence-corrected chi connectivity index (χ4v) is 5.78. The molecule has 9 heteroatoms. The molecule has 0 aromatic heterocycles. The van der Waals surface area contributed by atoms with Crippen molar-refractivity contribution in [2.45, 2.75) is 24.3 Å². The summed E-state index contributed by atoms with van der Waals surface area (Å²) in [5.41, 5.74) is 0.562. The fourth-order valence-electron chi connectivity index (χ4n) is 2.51. The molecule has 1 aromatic rings. The molecular weight excluding hydrogens is 330 g/mol. The van der Waals surface area contributed by atoms with Gasteiger partial charge in [0.05, 0.1) is 25.7 Å². The average molecular weight is 349 g/mol. The maximum absolute atomic E-state index is 12.5. The van der Waals surface area contributed by atoms with Crippen LogP contribution in [-0.2, 0) is 19.9 Å². The van der Waals surface area contributed by atoms with Crippen LogP contribution in [0.3, 0.4) is 0 Å². The highest BCUT2D eigenvalue weighted by atomic mass is 32.2. The normalized spacial score (nSPS) is 20.8. The first-order valence-electron chi connectivity index (χ1n) is 6.64. The minimum absolute atomic E-state index is 0.00103. The van der Waals surface area contributed by atoms with Gasteiger partial charge in [0.1, 0.15) is 16.4 Å². The number of benzene rings is 1. The molecule has 0 bridgehead atoms. The number of methoxy groups -OCH3 is 2. The molecular formula is C13H19NO6S2. The second-order valence-electron chi connectivity index (χ2n) is 5.15. The van der Waals surface area contributed by atoms with E-state index in [-0.39, 0.29) is 28.6 Å². The van der Waals surface area contributed by atoms with Crippen molar-refractivity contribution >= 4 is 19.9 Å². The van der Waals surface area contributed by atoms with Crippen LogP contribution in [0.1, 0.15) is 12.0 Å². The molecule has 1 heterocycles. The first-order chi connectivity index (χ1) is 10.2. The van der Waals surface area contributed by atoms with E-state index in [0.29, 0.717) is 11.3 Å². The lowest BCUT2D eigenvalue weighted by Gasteiger charge is -2.17. The molecule has 22 heavy (non-hydrogen) atoms. The molecule has 1 N–H and O–H groups in total. The first-order valence-corrected chi connectivity index (χ1v) is 9.95. The zero-order valence-corrected chi connectivity index (χ0v) is 14.3. The van der Waals surface area contributed by atoms with Gasteiger partial charge in [-0.15, -0.1) is 0 Å². The van der Waals surface area contributed by atoms with Crippen LogP contribution in [0.15, 0.2) is 17.0 Å². The predicted molar refractivity (Wildman–Crippen MR) is 81.7 cm³/mol. The summed E-state index contributed by atoms with van der Waals surface area (Å²) in [5, 5.41) is 0. The number of hydrogen-bond donors (Lipinski definition) is 1. The first kappa shape index (κ1) is 17.0. The van der Waals surface area contributed by atoms with Crippen molar-refractivity contribution in [1.29, 1.82) is 0 Å². The van der Waals surface area contributed by atoms with Gasteiger partial charge in [0.15, 0.2) is 9.84 Å². The van der Waals surface area contributed by atoms with Crippen LogP contribution in [0.2, 0.25) is 0 Å². The Labute approximate surface area is 130 Å². The molecule has 1 aromatic carbocycles. The SMILES string of the molecule is COc1ccc(S(=O)(=O)NC2CCS(=O)(=O)C2)c(OC)c1C. The van der Waals surface area contributed by atoms with Gasteiger partial charge in [-0.3, -0.25) is 0 Å². The third-order valence-corrected chi connectivity index (χ3v) is 6.90. The molecule has 1 aliphatic heterocycles. The molecule has 0 spiro atoms. The van der Waals surface area contributed by atoms with Crippen LogP contribution in [0, 0.1) is 6.92 Å². The maximum atomic E-state index is 12.5. The highest BCUT2D eigenvalue weighted by molar-refractivity contribution is 7.92. The molecule has 1 aliphatic rings. The van der Waals surface area contributed by atoms with E-state index in [9.17, 15) is 16.8 Å². The van der Waals surface area contributed by atoms with Gasteiger partial charge in [0.25, 0.3) is 0 Å². The lowest BCUT2D eigenvalue weighted by atomic mass is 10.2. The fraction of sp³-hybridized carbons (Fsp3) is 0.538. The number of sulfonamides is 1. The second kappa shape index (κ2) is 6.05. The van der Waals surface area contributed by atoms with Gasteiger partial charge in [-0.05, 0) is 25.5 Å². The summed E-state index contributed by atoms with van der Waals surface area (Å²) in [6.45, 7) is 1.69. The molecule has 0 saturated carbocycles. The standard InChI is InChI=1S/C13H19NO6S2/c1-9-11(19-2)4-5-12(13(9)20-3)22(17,18)14-10-6-7-21(15,16)8-10/h4-5,10,14H,6-8H2,1-3H3. The van der Waals surface area contributed by atoms with Gasteiger partial charge < -0.3 is 9.47 Å². The Balaban J connectivity index is 2.36. The van der Waals surface area contributed by atoms with E-state index in [2.05, 4.69) is 4.72 Å². The Morgan fingerprint density at radius 1 is 1.23 bits per heavy atom. The molecule has 124 valence electrons. The Kier molecular flexibility index (Phi) is 4.69. The highest BCUT2D eigenvalue weighted by Gasteiger charge is 2.33. The van der Waals surface area contributed by atoms with Crippen LogP contribution in [0.4, 0.5) is 0 Å². The Morgan fingerprint density at radius 2 is 1.91 bits per heavy atom. The van der Waals surface area contributed by atoms with E-state index >= 15 is 0 Å². The lowest BCUT2D eigenvalue weighted by Crippen LogP contribution is -2.35. The number of nitrogens with one attached hydrogen (secondary N) is 1. The number of sulfone groups is 1. The molecule has 1 saturated heterocycles. The van der Waals surface area contributed by atoms with Gasteiger partial charge in [-0.25, -0.2) is 21.6 Å². The summed E-state index contributed by atoms with van der Waals surface area (Å²) >= 11 is 0. The smallest absolute Gasteiger partial charge is 0.244 e. The van der Waals surface area contributed by atoms with Crippen molar-refractivity contribution in [3.8, 4) is 11.5 Å². The third-order valence-electron chi connectivity index (χ3n) is 3.59.